The van der Waals surface area contributed by atoms with E-state index in [9.17, 15) is 19.5 Å². The number of thiazole rings is 2. The molecule has 4 amide bonds. The Kier molecular flexibility index (Phi) is 14.5. The Morgan fingerprint density at radius 3 is 2.18 bits per heavy atom. The van der Waals surface area contributed by atoms with Gasteiger partial charge >= 0.3 is 12.1 Å². The first kappa shape index (κ1) is 37.5. The minimum Gasteiger partial charge on any atom is -0.444 e. The normalized spacial score (nSPS) is 13.6. The van der Waals surface area contributed by atoms with Crippen LogP contribution >= 0.6 is 22.7 Å². The molecule has 2 heterocycles. The van der Waals surface area contributed by atoms with Gasteiger partial charge in [0.15, 0.2) is 0 Å². The highest BCUT2D eigenvalue weighted by molar-refractivity contribution is 7.09. The Morgan fingerprint density at radius 2 is 1.59 bits per heavy atom. The molecule has 262 valence electrons. The van der Waals surface area contributed by atoms with Crippen molar-refractivity contribution >= 4 is 40.7 Å². The summed E-state index contributed by atoms with van der Waals surface area (Å²) in [7, 11) is 0. The number of aromatic nitrogens is 2. The molecule has 0 radical (unpaired) electrons. The van der Waals surface area contributed by atoms with Crippen LogP contribution in [-0.2, 0) is 35.5 Å². The zero-order valence-electron chi connectivity index (χ0n) is 28.4. The number of hydrogen-bond acceptors (Lipinski definition) is 9. The van der Waals surface area contributed by atoms with E-state index < -0.39 is 36.2 Å². The van der Waals surface area contributed by atoms with Crippen molar-refractivity contribution in [3.63, 3.8) is 0 Å². The van der Waals surface area contributed by atoms with Crippen molar-refractivity contribution in [3.05, 3.63) is 104 Å². The maximum Gasteiger partial charge on any atom is 0.407 e. The van der Waals surface area contributed by atoms with Crippen molar-refractivity contribution in [2.24, 2.45) is 0 Å². The second-order valence-corrected chi connectivity index (χ2v) is 14.1. The molecule has 4 rings (SSSR count). The van der Waals surface area contributed by atoms with E-state index in [0.717, 1.165) is 26.7 Å². The summed E-state index contributed by atoms with van der Waals surface area (Å²) < 4.78 is 5.42. The van der Waals surface area contributed by atoms with Crippen molar-refractivity contribution in [3.8, 4) is 0 Å². The van der Waals surface area contributed by atoms with Crippen molar-refractivity contribution in [1.82, 2.24) is 30.8 Å². The predicted octanol–water partition coefficient (Wildman–Crippen LogP) is 5.66. The third-order valence-electron chi connectivity index (χ3n) is 7.91. The first-order valence-corrected chi connectivity index (χ1v) is 18.2. The highest BCUT2D eigenvalue weighted by Gasteiger charge is 2.29. The molecule has 0 unspecified atom stereocenters. The Bertz CT molecular complexity index is 1590. The van der Waals surface area contributed by atoms with E-state index in [-0.39, 0.29) is 19.1 Å². The van der Waals surface area contributed by atoms with Crippen molar-refractivity contribution < 1.29 is 24.2 Å². The number of nitrogens with one attached hydrogen (secondary N) is 3. The molecule has 49 heavy (non-hydrogen) atoms. The average molecular weight is 707 g/mol. The SMILES string of the molecule is CCN(Cc1csc(C(C)C)n1)C(=O)N[C@@H](C)C(=O)N[C@@H](Cc1ccccc1)[C@@H](O)C[C@H](Cc1ccccc1)NC(=O)OCc1cncs1. The van der Waals surface area contributed by atoms with Crippen LogP contribution in [0.2, 0.25) is 0 Å². The Labute approximate surface area is 296 Å². The number of ether oxygens (including phenoxy) is 1. The number of hydrogen-bond donors (Lipinski definition) is 4. The number of urea groups is 1. The molecular weight excluding hydrogens is 661 g/mol. The van der Waals surface area contributed by atoms with E-state index in [4.69, 9.17) is 4.74 Å². The average Bonchev–Trinajstić information content (AvgIpc) is 3.79. The highest BCUT2D eigenvalue weighted by Crippen LogP contribution is 2.20. The first-order chi connectivity index (χ1) is 23.6. The van der Waals surface area contributed by atoms with Gasteiger partial charge in [-0.1, -0.05) is 74.5 Å². The van der Waals surface area contributed by atoms with Crippen molar-refractivity contribution in [2.45, 2.75) is 90.3 Å². The molecule has 0 saturated heterocycles. The van der Waals surface area contributed by atoms with Crippen molar-refractivity contribution in [1.29, 1.82) is 0 Å². The molecule has 0 bridgehead atoms. The molecule has 0 aliphatic carbocycles. The van der Waals surface area contributed by atoms with E-state index in [1.165, 1.54) is 11.3 Å². The van der Waals surface area contributed by atoms with Gasteiger partial charge in [0.1, 0.15) is 12.6 Å². The maximum absolute atomic E-state index is 13.5. The summed E-state index contributed by atoms with van der Waals surface area (Å²) in [6.07, 6.45) is 0.905. The zero-order valence-corrected chi connectivity index (χ0v) is 30.0. The molecule has 2 aromatic carbocycles. The molecular formula is C36H46N6O5S2. The number of carbonyl (C=O) groups is 3. The van der Waals surface area contributed by atoms with Crippen LogP contribution in [0.4, 0.5) is 9.59 Å². The van der Waals surface area contributed by atoms with Gasteiger partial charge in [-0.25, -0.2) is 14.6 Å². The minimum absolute atomic E-state index is 0.0889. The second-order valence-electron chi connectivity index (χ2n) is 12.2. The van der Waals surface area contributed by atoms with Crippen molar-refractivity contribution in [2.75, 3.05) is 6.54 Å². The number of aliphatic hydroxyl groups is 1. The molecule has 0 fully saturated rings. The summed E-state index contributed by atoms with van der Waals surface area (Å²) >= 11 is 2.96. The number of amides is 4. The topological polar surface area (TPSA) is 146 Å². The second kappa shape index (κ2) is 19.0. The monoisotopic (exact) mass is 706 g/mol. The first-order valence-electron chi connectivity index (χ1n) is 16.5. The van der Waals surface area contributed by atoms with Gasteiger partial charge in [-0.2, -0.15) is 0 Å². The molecule has 13 heteroatoms. The van der Waals surface area contributed by atoms with E-state index in [0.29, 0.717) is 31.8 Å². The summed E-state index contributed by atoms with van der Waals surface area (Å²) in [6.45, 7) is 8.51. The Morgan fingerprint density at radius 1 is 0.918 bits per heavy atom. The van der Waals surface area contributed by atoms with Gasteiger partial charge in [-0.05, 0) is 44.2 Å². The van der Waals surface area contributed by atoms with Gasteiger partial charge in [0, 0.05) is 30.1 Å². The lowest BCUT2D eigenvalue weighted by Gasteiger charge is -2.30. The van der Waals surface area contributed by atoms with Crippen LogP contribution in [0.15, 0.2) is 77.8 Å². The molecule has 4 aromatic rings. The summed E-state index contributed by atoms with van der Waals surface area (Å²) in [5.74, 6) is -0.130. The largest absolute Gasteiger partial charge is 0.444 e. The quantitative estimate of drug-likeness (QED) is 0.111. The standard InChI is InChI=1S/C36H46N6O5S2/c1-5-42(20-29-22-48-34(39-29)24(2)3)35(45)38-25(4)33(44)41-31(17-27-14-10-7-11-15-27)32(43)18-28(16-26-12-8-6-9-13-26)40-36(46)47-21-30-19-37-23-49-30/h6-15,19,22-25,28,31-32,43H,5,16-18,20-21H2,1-4H3,(H,38,45)(H,40,46)(H,41,44)/t25-,28-,31-,32-/m0/s1. The van der Waals surface area contributed by atoms with Gasteiger partial charge < -0.3 is 30.7 Å². The molecule has 0 aliphatic heterocycles. The van der Waals surface area contributed by atoms with E-state index in [2.05, 4.69) is 39.8 Å². The summed E-state index contributed by atoms with van der Waals surface area (Å²) in [5, 5.41) is 23.3. The number of nitrogens with zero attached hydrogens (tertiary/aromatic N) is 3. The fourth-order valence-electron chi connectivity index (χ4n) is 5.19. The van der Waals surface area contributed by atoms with Gasteiger partial charge in [0.2, 0.25) is 5.91 Å². The lowest BCUT2D eigenvalue weighted by Crippen LogP contribution is -2.55. The van der Waals surface area contributed by atoms with Crippen LogP contribution in [0.1, 0.15) is 66.7 Å². The fourth-order valence-corrected chi connectivity index (χ4v) is 6.52. The summed E-state index contributed by atoms with van der Waals surface area (Å²) in [5.41, 5.74) is 4.37. The van der Waals surface area contributed by atoms with Crippen LogP contribution in [0.5, 0.6) is 0 Å². The third kappa shape index (κ3) is 12.3. The van der Waals surface area contributed by atoms with Crippen LogP contribution in [-0.4, -0.2) is 68.8 Å². The van der Waals surface area contributed by atoms with Gasteiger partial charge in [-0.15, -0.1) is 22.7 Å². The summed E-state index contributed by atoms with van der Waals surface area (Å²) in [6, 6.07) is 16.7. The maximum atomic E-state index is 13.5. The van der Waals surface area contributed by atoms with E-state index in [1.807, 2.05) is 73.0 Å². The fraction of sp³-hybridized carbons (Fsp3) is 0.417. The van der Waals surface area contributed by atoms with E-state index >= 15 is 0 Å². The molecule has 4 atom stereocenters. The Balaban J connectivity index is 1.43. The third-order valence-corrected chi connectivity index (χ3v) is 9.86. The minimum atomic E-state index is -1.05. The van der Waals surface area contributed by atoms with Gasteiger partial charge in [0.25, 0.3) is 0 Å². The van der Waals surface area contributed by atoms with Gasteiger partial charge in [0.05, 0.1) is 39.8 Å². The number of alkyl carbamates (subject to hydrolysis) is 1. The lowest BCUT2D eigenvalue weighted by molar-refractivity contribution is -0.124. The van der Waals surface area contributed by atoms with Crippen LogP contribution in [0.25, 0.3) is 0 Å². The number of aliphatic hydroxyl groups excluding tert-OH is 1. The van der Waals surface area contributed by atoms with E-state index in [1.54, 1.807) is 34.9 Å². The number of benzene rings is 2. The van der Waals surface area contributed by atoms with Crippen LogP contribution in [0.3, 0.4) is 0 Å². The molecule has 4 N–H and O–H groups in total. The van der Waals surface area contributed by atoms with Gasteiger partial charge in [-0.3, -0.25) is 9.78 Å². The molecule has 0 spiro atoms. The number of rotatable bonds is 17. The molecule has 11 nitrogen and oxygen atoms in total. The zero-order chi connectivity index (χ0) is 35.2. The highest BCUT2D eigenvalue weighted by atomic mass is 32.1. The van der Waals surface area contributed by atoms with Crippen LogP contribution < -0.4 is 16.0 Å². The molecule has 0 saturated carbocycles. The predicted molar refractivity (Wildman–Crippen MR) is 192 cm³/mol. The van der Waals surface area contributed by atoms with Crippen LogP contribution in [0, 0.1) is 0 Å². The lowest BCUT2D eigenvalue weighted by atomic mass is 9.93. The molecule has 2 aromatic heterocycles. The number of carbonyl (C=O) groups excluding carboxylic acids is 3. The Hall–Kier alpha value is -4.33. The molecule has 0 aliphatic rings. The smallest absolute Gasteiger partial charge is 0.407 e. The summed E-state index contributed by atoms with van der Waals surface area (Å²) in [4.78, 5) is 50.6.